The number of carbonyl (C=O) groups excluding carboxylic acids is 1. The number of halogens is 1. The van der Waals surface area contributed by atoms with Crippen LogP contribution < -0.4 is 5.73 Å². The predicted octanol–water partition coefficient (Wildman–Crippen LogP) is 2.87. The van der Waals surface area contributed by atoms with Gasteiger partial charge in [-0.2, -0.15) is 0 Å². The molecule has 0 bridgehead atoms. The topological polar surface area (TPSA) is 64.7 Å². The molecule has 0 aliphatic rings. The predicted molar refractivity (Wildman–Crippen MR) is 73.6 cm³/mol. The van der Waals surface area contributed by atoms with Crippen LogP contribution in [0.15, 0.2) is 29.3 Å². The van der Waals surface area contributed by atoms with E-state index in [4.69, 9.17) is 22.1 Å². The maximum absolute atomic E-state index is 11.7. The lowest BCUT2D eigenvalue weighted by Crippen LogP contribution is -2.23. The molecule has 0 saturated heterocycles. The van der Waals surface area contributed by atoms with Gasteiger partial charge in [0.15, 0.2) is 0 Å². The van der Waals surface area contributed by atoms with E-state index in [0.717, 1.165) is 0 Å². The minimum atomic E-state index is -0.503. The van der Waals surface area contributed by atoms with Crippen molar-refractivity contribution in [3.8, 4) is 0 Å². The van der Waals surface area contributed by atoms with E-state index >= 15 is 0 Å². The highest BCUT2D eigenvalue weighted by Gasteiger charge is 2.17. The van der Waals surface area contributed by atoms with Crippen molar-refractivity contribution in [3.05, 3.63) is 29.8 Å². The molecule has 0 radical (unpaired) electrons. The molecular formula is C13H17ClN2O2. The van der Waals surface area contributed by atoms with Crippen molar-refractivity contribution in [2.24, 2.45) is 10.7 Å². The van der Waals surface area contributed by atoms with E-state index in [1.807, 2.05) is 20.8 Å². The SMILES string of the molecule is CC(C)(C)OC(=O)c1ccc(N=C(N)CCl)cc1. The normalized spacial score (nSPS) is 12.3. The number of hydrogen-bond acceptors (Lipinski definition) is 3. The number of benzene rings is 1. The fourth-order valence-corrected chi connectivity index (χ4v) is 1.26. The van der Waals surface area contributed by atoms with Crippen LogP contribution in [0.4, 0.5) is 5.69 Å². The molecule has 0 amide bonds. The van der Waals surface area contributed by atoms with Crippen LogP contribution >= 0.6 is 11.6 Å². The van der Waals surface area contributed by atoms with Crippen molar-refractivity contribution in [1.82, 2.24) is 0 Å². The highest BCUT2D eigenvalue weighted by atomic mass is 35.5. The van der Waals surface area contributed by atoms with Gasteiger partial charge in [-0.3, -0.25) is 0 Å². The van der Waals surface area contributed by atoms with Gasteiger partial charge < -0.3 is 10.5 Å². The first-order valence-corrected chi connectivity index (χ1v) is 6.07. The maximum Gasteiger partial charge on any atom is 0.338 e. The Labute approximate surface area is 112 Å². The van der Waals surface area contributed by atoms with Crippen LogP contribution in [0.3, 0.4) is 0 Å². The first-order valence-electron chi connectivity index (χ1n) is 5.54. The molecule has 0 heterocycles. The van der Waals surface area contributed by atoms with Crippen LogP contribution in [0.5, 0.6) is 0 Å². The number of nitrogens with zero attached hydrogens (tertiary/aromatic N) is 1. The molecule has 0 aliphatic carbocycles. The number of ether oxygens (including phenoxy) is 1. The molecule has 0 unspecified atom stereocenters. The lowest BCUT2D eigenvalue weighted by atomic mass is 10.1. The zero-order valence-corrected chi connectivity index (χ0v) is 11.5. The van der Waals surface area contributed by atoms with Gasteiger partial charge in [0.25, 0.3) is 0 Å². The Kier molecular flexibility index (Phi) is 4.73. The van der Waals surface area contributed by atoms with Crippen LogP contribution in [-0.4, -0.2) is 23.3 Å². The second kappa shape index (κ2) is 5.87. The zero-order valence-electron chi connectivity index (χ0n) is 10.7. The minimum absolute atomic E-state index is 0.174. The summed E-state index contributed by atoms with van der Waals surface area (Å²) in [6.45, 7) is 5.47. The van der Waals surface area contributed by atoms with Gasteiger partial charge in [0, 0.05) is 0 Å². The third-order valence-electron chi connectivity index (χ3n) is 1.91. The molecule has 18 heavy (non-hydrogen) atoms. The molecule has 4 nitrogen and oxygen atoms in total. The van der Waals surface area contributed by atoms with Gasteiger partial charge in [0.1, 0.15) is 11.4 Å². The summed E-state index contributed by atoms with van der Waals surface area (Å²) in [7, 11) is 0. The summed E-state index contributed by atoms with van der Waals surface area (Å²) in [5.74, 6) is 0.151. The monoisotopic (exact) mass is 268 g/mol. The van der Waals surface area contributed by atoms with Crippen molar-refractivity contribution in [3.63, 3.8) is 0 Å². The number of esters is 1. The van der Waals surface area contributed by atoms with Gasteiger partial charge in [0.05, 0.1) is 17.1 Å². The number of carbonyl (C=O) groups is 1. The quantitative estimate of drug-likeness (QED) is 0.397. The Hall–Kier alpha value is -1.55. The van der Waals surface area contributed by atoms with Crippen molar-refractivity contribution in [1.29, 1.82) is 0 Å². The Balaban J connectivity index is 2.80. The first-order chi connectivity index (χ1) is 8.31. The summed E-state index contributed by atoms with van der Waals surface area (Å²) in [5, 5.41) is 0. The molecule has 0 atom stereocenters. The van der Waals surface area contributed by atoms with Gasteiger partial charge in [-0.1, -0.05) is 0 Å². The lowest BCUT2D eigenvalue weighted by molar-refractivity contribution is 0.00696. The molecule has 1 aromatic rings. The third kappa shape index (κ3) is 4.75. The van der Waals surface area contributed by atoms with E-state index in [-0.39, 0.29) is 11.8 Å². The van der Waals surface area contributed by atoms with Crippen LogP contribution in [0.25, 0.3) is 0 Å². The number of alkyl halides is 1. The van der Waals surface area contributed by atoms with Crippen LogP contribution in [-0.2, 0) is 4.74 Å². The molecule has 0 aliphatic heterocycles. The van der Waals surface area contributed by atoms with Crippen molar-refractivity contribution < 1.29 is 9.53 Å². The van der Waals surface area contributed by atoms with Crippen LogP contribution in [0.2, 0.25) is 0 Å². The second-order valence-electron chi connectivity index (χ2n) is 4.79. The van der Waals surface area contributed by atoms with Gasteiger partial charge in [-0.25, -0.2) is 9.79 Å². The summed E-state index contributed by atoms with van der Waals surface area (Å²) in [6, 6.07) is 6.68. The highest BCUT2D eigenvalue weighted by molar-refractivity contribution is 6.28. The summed E-state index contributed by atoms with van der Waals surface area (Å²) >= 11 is 5.53. The molecule has 0 aromatic heterocycles. The number of nitrogens with two attached hydrogens (primary N) is 1. The lowest BCUT2D eigenvalue weighted by Gasteiger charge is -2.19. The first kappa shape index (κ1) is 14.5. The molecule has 0 spiro atoms. The summed E-state index contributed by atoms with van der Waals surface area (Å²) in [6.07, 6.45) is 0. The van der Waals surface area contributed by atoms with E-state index in [0.29, 0.717) is 17.1 Å². The summed E-state index contributed by atoms with van der Waals surface area (Å²) in [4.78, 5) is 15.8. The van der Waals surface area contributed by atoms with E-state index < -0.39 is 5.60 Å². The van der Waals surface area contributed by atoms with Crippen molar-refractivity contribution >= 4 is 29.1 Å². The van der Waals surface area contributed by atoms with Gasteiger partial charge in [0.2, 0.25) is 0 Å². The number of hydrogen-bond donors (Lipinski definition) is 1. The molecule has 0 fully saturated rings. The van der Waals surface area contributed by atoms with Crippen LogP contribution in [0, 0.1) is 0 Å². The smallest absolute Gasteiger partial charge is 0.338 e. The molecule has 0 saturated carbocycles. The zero-order chi connectivity index (χ0) is 13.8. The van der Waals surface area contributed by atoms with E-state index in [2.05, 4.69) is 4.99 Å². The number of aliphatic imine (C=N–C) groups is 1. The van der Waals surface area contributed by atoms with Crippen molar-refractivity contribution in [2.75, 3.05) is 5.88 Å². The molecular weight excluding hydrogens is 252 g/mol. The Morgan fingerprint density at radius 2 is 1.89 bits per heavy atom. The molecule has 1 aromatic carbocycles. The average Bonchev–Trinajstić information content (AvgIpc) is 2.27. The Bertz CT molecular complexity index is 447. The Morgan fingerprint density at radius 3 is 2.33 bits per heavy atom. The van der Waals surface area contributed by atoms with Gasteiger partial charge >= 0.3 is 5.97 Å². The van der Waals surface area contributed by atoms with Gasteiger partial charge in [-0.15, -0.1) is 11.6 Å². The molecule has 1 rings (SSSR count). The molecule has 5 heteroatoms. The molecule has 98 valence electrons. The standard InChI is InChI=1S/C13H17ClN2O2/c1-13(2,3)18-12(17)9-4-6-10(7-5-9)16-11(15)8-14/h4-7H,8H2,1-3H3,(H2,15,16). The Morgan fingerprint density at radius 1 is 1.33 bits per heavy atom. The minimum Gasteiger partial charge on any atom is -0.456 e. The van der Waals surface area contributed by atoms with E-state index in [1.165, 1.54) is 0 Å². The third-order valence-corrected chi connectivity index (χ3v) is 2.19. The van der Waals surface area contributed by atoms with E-state index in [1.54, 1.807) is 24.3 Å². The van der Waals surface area contributed by atoms with E-state index in [9.17, 15) is 4.79 Å². The summed E-state index contributed by atoms with van der Waals surface area (Å²) < 4.78 is 5.25. The van der Waals surface area contributed by atoms with Gasteiger partial charge in [-0.05, 0) is 45.0 Å². The fraction of sp³-hybridized carbons (Fsp3) is 0.385. The highest BCUT2D eigenvalue weighted by Crippen LogP contribution is 2.16. The summed E-state index contributed by atoms with van der Waals surface area (Å²) in [5.41, 5.74) is 6.14. The number of rotatable bonds is 3. The number of amidine groups is 1. The fourth-order valence-electron chi connectivity index (χ4n) is 1.20. The van der Waals surface area contributed by atoms with Crippen molar-refractivity contribution in [2.45, 2.75) is 26.4 Å². The maximum atomic E-state index is 11.7. The second-order valence-corrected chi connectivity index (χ2v) is 5.05. The average molecular weight is 269 g/mol. The largest absolute Gasteiger partial charge is 0.456 e. The molecule has 2 N–H and O–H groups in total. The van der Waals surface area contributed by atoms with Crippen LogP contribution in [0.1, 0.15) is 31.1 Å².